The fraction of sp³-hybridized carbons (Fsp3) is 0.520. The minimum absolute atomic E-state index is 0.412. The first-order valence-corrected chi connectivity index (χ1v) is 11.2. The predicted octanol–water partition coefficient (Wildman–Crippen LogP) is 6.36. The Labute approximate surface area is 180 Å². The van der Waals surface area contributed by atoms with E-state index < -0.39 is 0 Å². The Morgan fingerprint density at radius 3 is 2.43 bits per heavy atom. The Kier molecular flexibility index (Phi) is 5.48. The van der Waals surface area contributed by atoms with Crippen LogP contribution in [0.25, 0.3) is 11.0 Å². The number of benzene rings is 1. The number of aromatic nitrogens is 3. The van der Waals surface area contributed by atoms with Crippen LogP contribution < -0.4 is 10.6 Å². The lowest BCUT2D eigenvalue weighted by molar-refractivity contribution is 0.123. The summed E-state index contributed by atoms with van der Waals surface area (Å²) in [6, 6.07) is 6.73. The third-order valence-corrected chi connectivity index (χ3v) is 7.86. The first kappa shape index (κ1) is 20.7. The summed E-state index contributed by atoms with van der Waals surface area (Å²) in [5.74, 6) is 4.27. The second kappa shape index (κ2) is 7.93. The third kappa shape index (κ3) is 3.66. The van der Waals surface area contributed by atoms with Crippen LogP contribution in [0.5, 0.6) is 0 Å². The Morgan fingerprint density at radius 2 is 1.67 bits per heavy atom. The Hall–Kier alpha value is -2.56. The van der Waals surface area contributed by atoms with E-state index in [4.69, 9.17) is 9.97 Å². The predicted molar refractivity (Wildman–Crippen MR) is 127 cm³/mol. The highest BCUT2D eigenvalue weighted by molar-refractivity contribution is 5.88. The third-order valence-electron chi connectivity index (χ3n) is 7.86. The number of H-pyrrole nitrogens is 1. The molecule has 0 bridgehead atoms. The first-order chi connectivity index (χ1) is 14.3. The normalized spacial score (nSPS) is 26.7. The minimum atomic E-state index is 0.412. The zero-order valence-corrected chi connectivity index (χ0v) is 19.3. The van der Waals surface area contributed by atoms with Gasteiger partial charge in [-0.25, -0.2) is 0 Å². The summed E-state index contributed by atoms with van der Waals surface area (Å²) in [4.78, 5) is 12.9. The molecule has 1 aromatic carbocycles. The van der Waals surface area contributed by atoms with Gasteiger partial charge in [-0.2, -0.15) is 9.97 Å². The van der Waals surface area contributed by atoms with Gasteiger partial charge in [0.15, 0.2) is 0 Å². The molecular weight excluding hydrogens is 370 g/mol. The van der Waals surface area contributed by atoms with Gasteiger partial charge < -0.3 is 15.6 Å². The van der Waals surface area contributed by atoms with E-state index in [9.17, 15) is 0 Å². The molecule has 160 valence electrons. The van der Waals surface area contributed by atoms with Crippen LogP contribution in [0.2, 0.25) is 0 Å². The molecule has 1 fully saturated rings. The van der Waals surface area contributed by atoms with Crippen LogP contribution in [0.1, 0.15) is 50.8 Å². The molecule has 1 aliphatic carbocycles. The van der Waals surface area contributed by atoms with Crippen molar-refractivity contribution >= 4 is 28.5 Å². The maximum Gasteiger partial charge on any atom is 0.231 e. The number of rotatable bonds is 4. The topological polar surface area (TPSA) is 65.6 Å². The van der Waals surface area contributed by atoms with Crippen molar-refractivity contribution in [2.24, 2.45) is 23.7 Å². The van der Waals surface area contributed by atoms with Crippen molar-refractivity contribution in [3.8, 4) is 0 Å². The number of aryl methyl sites for hydroxylation is 1. The average Bonchev–Trinajstić information content (AvgIpc) is 3.20. The molecule has 3 aromatic rings. The number of anilines is 3. The van der Waals surface area contributed by atoms with Gasteiger partial charge in [-0.15, -0.1) is 0 Å². The second-order valence-corrected chi connectivity index (χ2v) is 9.48. The lowest BCUT2D eigenvalue weighted by Gasteiger charge is -2.43. The molecule has 5 heteroatoms. The van der Waals surface area contributed by atoms with Crippen LogP contribution in [0.15, 0.2) is 24.4 Å². The highest BCUT2D eigenvalue weighted by Gasteiger charge is 2.36. The summed E-state index contributed by atoms with van der Waals surface area (Å²) in [5.41, 5.74) is 5.74. The lowest BCUT2D eigenvalue weighted by Crippen LogP contribution is -2.42. The van der Waals surface area contributed by atoms with Gasteiger partial charge in [0.1, 0.15) is 11.5 Å². The number of hydrogen-bond donors (Lipinski definition) is 3. The molecule has 2 aromatic heterocycles. The monoisotopic (exact) mass is 405 g/mol. The largest absolute Gasteiger partial charge is 0.366 e. The molecule has 2 heterocycles. The van der Waals surface area contributed by atoms with Crippen LogP contribution in [0, 0.1) is 44.4 Å². The lowest BCUT2D eigenvalue weighted by atomic mass is 9.67. The molecule has 5 unspecified atom stereocenters. The number of aromatic amines is 1. The highest BCUT2D eigenvalue weighted by Crippen LogP contribution is 2.40. The van der Waals surface area contributed by atoms with Crippen LogP contribution in [-0.4, -0.2) is 21.0 Å². The minimum Gasteiger partial charge on any atom is -0.366 e. The second-order valence-electron chi connectivity index (χ2n) is 9.48. The van der Waals surface area contributed by atoms with E-state index in [0.29, 0.717) is 29.7 Å². The molecule has 30 heavy (non-hydrogen) atoms. The fourth-order valence-corrected chi connectivity index (χ4v) is 4.88. The van der Waals surface area contributed by atoms with Crippen LogP contribution in [0.3, 0.4) is 0 Å². The van der Waals surface area contributed by atoms with Crippen LogP contribution >= 0.6 is 0 Å². The molecule has 4 rings (SSSR count). The van der Waals surface area contributed by atoms with Crippen molar-refractivity contribution in [3.63, 3.8) is 0 Å². The van der Waals surface area contributed by atoms with E-state index in [2.05, 4.69) is 82.3 Å². The molecule has 0 saturated heterocycles. The van der Waals surface area contributed by atoms with E-state index in [-0.39, 0.29) is 0 Å². The number of fused-ring (bicyclic) bond motifs is 1. The molecule has 0 aliphatic heterocycles. The smallest absolute Gasteiger partial charge is 0.231 e. The van der Waals surface area contributed by atoms with Crippen molar-refractivity contribution in [3.05, 3.63) is 41.1 Å². The van der Waals surface area contributed by atoms with Crippen molar-refractivity contribution < 1.29 is 0 Å². The first-order valence-electron chi connectivity index (χ1n) is 11.2. The van der Waals surface area contributed by atoms with E-state index in [1.54, 1.807) is 0 Å². The molecule has 5 atom stereocenters. The summed E-state index contributed by atoms with van der Waals surface area (Å²) in [6.07, 6.45) is 3.11. The summed E-state index contributed by atoms with van der Waals surface area (Å²) in [5, 5.41) is 8.29. The van der Waals surface area contributed by atoms with Gasteiger partial charge >= 0.3 is 0 Å². The standard InChI is InChI=1S/C25H35N5/c1-13-8-9-21(18(6)15(13)3)28-25-29-23-20(10-11-26-23)24(30-25)27-22-12-14(2)16(4)17(5)19(22)7/h8-11,14,16-17,19,22H,12H2,1-7H3,(H3,26,27,28,29,30). The Morgan fingerprint density at radius 1 is 0.900 bits per heavy atom. The summed E-state index contributed by atoms with van der Waals surface area (Å²) in [6.45, 7) is 16.0. The SMILES string of the molecule is Cc1ccc(Nc2nc(NC3CC(C)C(C)C(C)C3C)c3cc[nH]c3n2)c(C)c1C. The molecular formula is C25H35N5. The maximum absolute atomic E-state index is 4.91. The van der Waals surface area contributed by atoms with Crippen molar-refractivity contribution in [1.82, 2.24) is 15.0 Å². The molecule has 5 nitrogen and oxygen atoms in total. The molecule has 1 aliphatic rings. The molecule has 0 amide bonds. The summed E-state index contributed by atoms with van der Waals surface area (Å²) in [7, 11) is 0. The van der Waals surface area contributed by atoms with Gasteiger partial charge in [-0.3, -0.25) is 0 Å². The molecule has 3 N–H and O–H groups in total. The quantitative estimate of drug-likeness (QED) is 0.473. The van der Waals surface area contributed by atoms with Gasteiger partial charge in [-0.05, 0) is 79.7 Å². The van der Waals surface area contributed by atoms with Crippen LogP contribution in [0.4, 0.5) is 17.5 Å². The number of nitrogens with zero attached hydrogens (tertiary/aromatic N) is 2. The van der Waals surface area contributed by atoms with Gasteiger partial charge in [0, 0.05) is 17.9 Å². The van der Waals surface area contributed by atoms with Gasteiger partial charge in [0.25, 0.3) is 0 Å². The maximum atomic E-state index is 4.91. The van der Waals surface area contributed by atoms with E-state index in [1.807, 2.05) is 6.20 Å². The molecule has 1 saturated carbocycles. The molecule has 0 spiro atoms. The van der Waals surface area contributed by atoms with E-state index >= 15 is 0 Å². The summed E-state index contributed by atoms with van der Waals surface area (Å²) >= 11 is 0. The van der Waals surface area contributed by atoms with Gasteiger partial charge in [-0.1, -0.05) is 33.8 Å². The number of nitrogens with one attached hydrogen (secondary N) is 3. The van der Waals surface area contributed by atoms with Crippen molar-refractivity contribution in [2.45, 2.75) is 60.9 Å². The van der Waals surface area contributed by atoms with E-state index in [0.717, 1.165) is 28.5 Å². The zero-order chi connectivity index (χ0) is 21.6. The Balaban J connectivity index is 1.66. The average molecular weight is 406 g/mol. The zero-order valence-electron chi connectivity index (χ0n) is 19.3. The van der Waals surface area contributed by atoms with E-state index in [1.165, 1.54) is 23.1 Å². The molecule has 0 radical (unpaired) electrons. The van der Waals surface area contributed by atoms with Gasteiger partial charge in [0.2, 0.25) is 5.95 Å². The van der Waals surface area contributed by atoms with Crippen molar-refractivity contribution in [2.75, 3.05) is 10.6 Å². The van der Waals surface area contributed by atoms with Crippen molar-refractivity contribution in [1.29, 1.82) is 0 Å². The fourth-order valence-electron chi connectivity index (χ4n) is 4.88. The summed E-state index contributed by atoms with van der Waals surface area (Å²) < 4.78 is 0. The Bertz CT molecular complexity index is 1050. The number of hydrogen-bond acceptors (Lipinski definition) is 4. The van der Waals surface area contributed by atoms with Gasteiger partial charge in [0.05, 0.1) is 5.39 Å². The van der Waals surface area contributed by atoms with Crippen LogP contribution in [-0.2, 0) is 0 Å². The highest BCUT2D eigenvalue weighted by atomic mass is 15.2.